The molecule has 0 unspecified atom stereocenters. The average Bonchev–Trinajstić information content (AvgIpc) is 3.09. The zero-order chi connectivity index (χ0) is 18.7. The largest absolute Gasteiger partial charge is 0.497 e. The van der Waals surface area contributed by atoms with Gasteiger partial charge in [0.1, 0.15) is 9.96 Å². The number of piperidine rings is 1. The summed E-state index contributed by atoms with van der Waals surface area (Å²) in [5, 5.41) is 2.89. The third-order valence-corrected chi connectivity index (χ3v) is 7.84. The summed E-state index contributed by atoms with van der Waals surface area (Å²) in [6, 6.07) is 10.6. The fourth-order valence-electron chi connectivity index (χ4n) is 2.98. The summed E-state index contributed by atoms with van der Waals surface area (Å²) in [7, 11) is -1.88. The number of hydrogen-bond acceptors (Lipinski definition) is 5. The molecule has 1 aromatic carbocycles. The molecule has 3 rings (SSSR count). The molecule has 1 aliphatic rings. The molecule has 0 radical (unpaired) electrons. The third kappa shape index (κ3) is 4.08. The Morgan fingerprint density at radius 3 is 2.58 bits per heavy atom. The predicted octanol–water partition coefficient (Wildman–Crippen LogP) is 3.10. The molecule has 0 aliphatic carbocycles. The van der Waals surface area contributed by atoms with Gasteiger partial charge in [0.25, 0.3) is 10.0 Å². The summed E-state index contributed by atoms with van der Waals surface area (Å²) >= 11 is 1.28. The van der Waals surface area contributed by atoms with E-state index in [1.807, 2.05) is 25.1 Å². The quantitative estimate of drug-likeness (QED) is 0.845. The normalized spacial score (nSPS) is 16.4. The number of aryl methyl sites for hydroxylation is 1. The van der Waals surface area contributed by atoms with Crippen molar-refractivity contribution in [2.24, 2.45) is 5.92 Å². The van der Waals surface area contributed by atoms with E-state index in [2.05, 4.69) is 5.32 Å². The van der Waals surface area contributed by atoms with Crippen LogP contribution in [0.25, 0.3) is 0 Å². The van der Waals surface area contributed by atoms with Crippen molar-refractivity contribution in [3.8, 4) is 5.75 Å². The lowest BCUT2D eigenvalue weighted by Gasteiger charge is -2.30. The average molecular weight is 395 g/mol. The van der Waals surface area contributed by atoms with E-state index in [0.29, 0.717) is 41.6 Å². The standard InChI is InChI=1S/C18H22N2O4S2/c1-13-6-7-17(25-13)26(22,23)20-10-8-14(9-11-20)18(21)19-15-4-3-5-16(12-15)24-2/h3-7,12,14H,8-11H2,1-2H3,(H,19,21). The first-order valence-corrected chi connectivity index (χ1v) is 10.7. The summed E-state index contributed by atoms with van der Waals surface area (Å²) in [4.78, 5) is 13.4. The van der Waals surface area contributed by atoms with Gasteiger partial charge in [0.05, 0.1) is 7.11 Å². The van der Waals surface area contributed by atoms with Gasteiger partial charge in [0.15, 0.2) is 0 Å². The lowest BCUT2D eigenvalue weighted by atomic mass is 9.97. The van der Waals surface area contributed by atoms with Gasteiger partial charge in [0.2, 0.25) is 5.91 Å². The van der Waals surface area contributed by atoms with E-state index in [4.69, 9.17) is 4.74 Å². The number of methoxy groups -OCH3 is 1. The van der Waals surface area contributed by atoms with Crippen LogP contribution in [-0.4, -0.2) is 38.8 Å². The molecular formula is C18H22N2O4S2. The number of carbonyl (C=O) groups is 1. The lowest BCUT2D eigenvalue weighted by molar-refractivity contribution is -0.120. The summed E-state index contributed by atoms with van der Waals surface area (Å²) in [5.41, 5.74) is 0.679. The molecule has 2 heterocycles. The molecule has 6 nitrogen and oxygen atoms in total. The minimum Gasteiger partial charge on any atom is -0.497 e. The van der Waals surface area contributed by atoms with Gasteiger partial charge in [-0.2, -0.15) is 4.31 Å². The van der Waals surface area contributed by atoms with Crippen molar-refractivity contribution >= 4 is 33.0 Å². The van der Waals surface area contributed by atoms with Crippen LogP contribution in [0.1, 0.15) is 17.7 Å². The van der Waals surface area contributed by atoms with Gasteiger partial charge < -0.3 is 10.1 Å². The highest BCUT2D eigenvalue weighted by Gasteiger charge is 2.32. The maximum absolute atomic E-state index is 12.7. The highest BCUT2D eigenvalue weighted by Crippen LogP contribution is 2.28. The van der Waals surface area contributed by atoms with E-state index < -0.39 is 10.0 Å². The number of benzene rings is 1. The van der Waals surface area contributed by atoms with Crippen LogP contribution in [0.5, 0.6) is 5.75 Å². The van der Waals surface area contributed by atoms with Crippen molar-refractivity contribution in [3.63, 3.8) is 0 Å². The van der Waals surface area contributed by atoms with Gasteiger partial charge in [-0.1, -0.05) is 6.07 Å². The molecule has 0 bridgehead atoms. The number of hydrogen-bond donors (Lipinski definition) is 1. The van der Waals surface area contributed by atoms with Crippen molar-refractivity contribution < 1.29 is 17.9 Å². The molecule has 1 amide bonds. The van der Waals surface area contributed by atoms with Crippen LogP contribution < -0.4 is 10.1 Å². The SMILES string of the molecule is COc1cccc(NC(=O)C2CCN(S(=O)(=O)c3ccc(C)s3)CC2)c1. The first kappa shape index (κ1) is 18.9. The molecule has 1 saturated heterocycles. The van der Waals surface area contributed by atoms with Crippen LogP contribution in [0.2, 0.25) is 0 Å². The van der Waals surface area contributed by atoms with Gasteiger partial charge in [0, 0.05) is 35.6 Å². The minimum absolute atomic E-state index is 0.0812. The molecule has 1 N–H and O–H groups in total. The Kier molecular flexibility index (Phi) is 5.64. The Morgan fingerprint density at radius 1 is 1.23 bits per heavy atom. The Balaban J connectivity index is 1.60. The molecule has 0 spiro atoms. The van der Waals surface area contributed by atoms with Gasteiger partial charge >= 0.3 is 0 Å². The van der Waals surface area contributed by atoms with Gasteiger partial charge in [-0.05, 0) is 44.0 Å². The third-order valence-electron chi connectivity index (χ3n) is 4.47. The van der Waals surface area contributed by atoms with Crippen LogP contribution in [0.3, 0.4) is 0 Å². The number of amides is 1. The Hall–Kier alpha value is -1.90. The van der Waals surface area contributed by atoms with Crippen LogP contribution in [0.15, 0.2) is 40.6 Å². The Bertz CT molecular complexity index is 884. The first-order valence-electron chi connectivity index (χ1n) is 8.41. The van der Waals surface area contributed by atoms with Crippen molar-refractivity contribution in [1.82, 2.24) is 4.31 Å². The van der Waals surface area contributed by atoms with Crippen molar-refractivity contribution in [3.05, 3.63) is 41.3 Å². The molecule has 8 heteroatoms. The van der Waals surface area contributed by atoms with E-state index in [1.165, 1.54) is 15.6 Å². The molecule has 0 saturated carbocycles. The minimum atomic E-state index is -3.45. The second kappa shape index (κ2) is 7.77. The number of nitrogens with one attached hydrogen (secondary N) is 1. The van der Waals surface area contributed by atoms with Crippen LogP contribution >= 0.6 is 11.3 Å². The van der Waals surface area contributed by atoms with E-state index in [-0.39, 0.29) is 11.8 Å². The number of anilines is 1. The van der Waals surface area contributed by atoms with Gasteiger partial charge in [-0.3, -0.25) is 4.79 Å². The van der Waals surface area contributed by atoms with Crippen LogP contribution in [0.4, 0.5) is 5.69 Å². The Morgan fingerprint density at radius 2 is 1.96 bits per heavy atom. The number of sulfonamides is 1. The van der Waals surface area contributed by atoms with Gasteiger partial charge in [-0.25, -0.2) is 8.42 Å². The topological polar surface area (TPSA) is 75.7 Å². The fourth-order valence-corrected chi connectivity index (χ4v) is 5.89. The van der Waals surface area contributed by atoms with Crippen molar-refractivity contribution in [2.45, 2.75) is 24.0 Å². The van der Waals surface area contributed by atoms with E-state index in [9.17, 15) is 13.2 Å². The smallest absolute Gasteiger partial charge is 0.252 e. The van der Waals surface area contributed by atoms with E-state index >= 15 is 0 Å². The molecule has 0 atom stereocenters. The number of thiophene rings is 1. The first-order chi connectivity index (χ1) is 12.4. The highest BCUT2D eigenvalue weighted by atomic mass is 32.2. The van der Waals surface area contributed by atoms with Crippen molar-refractivity contribution in [2.75, 3.05) is 25.5 Å². The molecule has 140 valence electrons. The lowest BCUT2D eigenvalue weighted by Crippen LogP contribution is -2.41. The van der Waals surface area contributed by atoms with Gasteiger partial charge in [-0.15, -0.1) is 11.3 Å². The number of carbonyl (C=O) groups excluding carboxylic acids is 1. The summed E-state index contributed by atoms with van der Waals surface area (Å²) in [6.07, 6.45) is 1.03. The zero-order valence-corrected chi connectivity index (χ0v) is 16.4. The monoisotopic (exact) mass is 394 g/mol. The molecule has 2 aromatic rings. The van der Waals surface area contributed by atoms with Crippen molar-refractivity contribution in [1.29, 1.82) is 0 Å². The summed E-state index contributed by atoms with van der Waals surface area (Å²) in [5.74, 6) is 0.398. The maximum Gasteiger partial charge on any atom is 0.252 e. The number of rotatable bonds is 5. The zero-order valence-electron chi connectivity index (χ0n) is 14.8. The van der Waals surface area contributed by atoms with E-state index in [0.717, 1.165) is 4.88 Å². The highest BCUT2D eigenvalue weighted by molar-refractivity contribution is 7.91. The second-order valence-corrected chi connectivity index (χ2v) is 9.72. The molecule has 1 aliphatic heterocycles. The molecule has 26 heavy (non-hydrogen) atoms. The van der Waals surface area contributed by atoms with Crippen LogP contribution in [-0.2, 0) is 14.8 Å². The number of nitrogens with zero attached hydrogens (tertiary/aromatic N) is 1. The second-order valence-electron chi connectivity index (χ2n) is 6.26. The molecule has 1 fully saturated rings. The van der Waals surface area contributed by atoms with Crippen LogP contribution in [0, 0.1) is 12.8 Å². The molecular weight excluding hydrogens is 372 g/mol. The van der Waals surface area contributed by atoms with E-state index in [1.54, 1.807) is 25.3 Å². The predicted molar refractivity (Wildman–Crippen MR) is 102 cm³/mol. The fraction of sp³-hybridized carbons (Fsp3) is 0.389. The summed E-state index contributed by atoms with van der Waals surface area (Å²) < 4.78 is 32.3. The maximum atomic E-state index is 12.7. The number of ether oxygens (including phenoxy) is 1. The summed E-state index contributed by atoms with van der Waals surface area (Å²) in [6.45, 7) is 2.60. The Labute approximate surface area is 157 Å². The molecule has 1 aromatic heterocycles.